The zero-order chi connectivity index (χ0) is 13.8. The lowest BCUT2D eigenvalue weighted by atomic mass is 10.1. The summed E-state index contributed by atoms with van der Waals surface area (Å²) in [5.41, 5.74) is 0.626. The first-order chi connectivity index (χ1) is 8.33. The molecule has 1 aromatic carbocycles. The third-order valence-corrected chi connectivity index (χ3v) is 2.52. The standard InChI is InChI=1S/C12H15F4NO/c1-8(17-2)10-4-3-9(13)7-11(10)18-6-5-12(14,15)16/h3-4,7-8,17H,5-6H2,1-2H3. The van der Waals surface area contributed by atoms with Gasteiger partial charge in [-0.15, -0.1) is 0 Å². The highest BCUT2D eigenvalue weighted by molar-refractivity contribution is 5.36. The van der Waals surface area contributed by atoms with Gasteiger partial charge in [0.05, 0.1) is 13.0 Å². The molecule has 0 aliphatic carbocycles. The smallest absolute Gasteiger partial charge is 0.392 e. The predicted octanol–water partition coefficient (Wildman–Crippen LogP) is 3.44. The fraction of sp³-hybridized carbons (Fsp3) is 0.500. The summed E-state index contributed by atoms with van der Waals surface area (Å²) in [6.45, 7) is 1.29. The van der Waals surface area contributed by atoms with Crippen molar-refractivity contribution in [3.8, 4) is 5.75 Å². The number of ether oxygens (including phenoxy) is 1. The molecule has 6 heteroatoms. The van der Waals surface area contributed by atoms with Gasteiger partial charge < -0.3 is 10.1 Å². The Labute approximate surface area is 103 Å². The Kier molecular flexibility index (Phi) is 4.95. The van der Waals surface area contributed by atoms with Crippen molar-refractivity contribution in [1.29, 1.82) is 0 Å². The molecular weight excluding hydrogens is 250 g/mol. The van der Waals surface area contributed by atoms with Crippen molar-refractivity contribution in [2.45, 2.75) is 25.6 Å². The number of benzene rings is 1. The number of hydrogen-bond donors (Lipinski definition) is 1. The van der Waals surface area contributed by atoms with E-state index in [9.17, 15) is 17.6 Å². The number of nitrogens with one attached hydrogen (secondary N) is 1. The second-order valence-electron chi connectivity index (χ2n) is 3.91. The molecule has 0 fully saturated rings. The van der Waals surface area contributed by atoms with Crippen LogP contribution in [0.5, 0.6) is 5.75 Å². The molecule has 0 heterocycles. The normalized spacial score (nSPS) is 13.4. The monoisotopic (exact) mass is 265 g/mol. The second-order valence-corrected chi connectivity index (χ2v) is 3.91. The van der Waals surface area contributed by atoms with Gasteiger partial charge in [-0.3, -0.25) is 0 Å². The molecule has 102 valence electrons. The summed E-state index contributed by atoms with van der Waals surface area (Å²) in [6, 6.07) is 3.71. The molecule has 0 aromatic heterocycles. The number of halogens is 4. The average molecular weight is 265 g/mol. The van der Waals surface area contributed by atoms with Crippen molar-refractivity contribution in [2.75, 3.05) is 13.7 Å². The molecule has 0 spiro atoms. The van der Waals surface area contributed by atoms with E-state index in [0.717, 1.165) is 6.07 Å². The van der Waals surface area contributed by atoms with Crippen LogP contribution in [0.3, 0.4) is 0 Å². The zero-order valence-electron chi connectivity index (χ0n) is 10.1. The Morgan fingerprint density at radius 1 is 1.33 bits per heavy atom. The fourth-order valence-electron chi connectivity index (χ4n) is 1.42. The lowest BCUT2D eigenvalue weighted by molar-refractivity contribution is -0.139. The van der Waals surface area contributed by atoms with Crippen molar-refractivity contribution in [1.82, 2.24) is 5.32 Å². The highest BCUT2D eigenvalue weighted by Gasteiger charge is 2.27. The summed E-state index contributed by atoms with van der Waals surface area (Å²) in [4.78, 5) is 0. The molecule has 0 saturated heterocycles. The van der Waals surface area contributed by atoms with Crippen molar-refractivity contribution in [3.05, 3.63) is 29.6 Å². The van der Waals surface area contributed by atoms with Gasteiger partial charge in [-0.05, 0) is 20.0 Å². The minimum Gasteiger partial charge on any atom is -0.493 e. The maximum atomic E-state index is 13.1. The molecule has 1 aromatic rings. The van der Waals surface area contributed by atoms with Gasteiger partial charge in [0.25, 0.3) is 0 Å². The summed E-state index contributed by atoms with van der Waals surface area (Å²) < 4.78 is 54.1. The molecule has 0 amide bonds. The zero-order valence-corrected chi connectivity index (χ0v) is 10.1. The van der Waals surface area contributed by atoms with Crippen LogP contribution in [0.4, 0.5) is 17.6 Å². The predicted molar refractivity (Wildman–Crippen MR) is 60.0 cm³/mol. The van der Waals surface area contributed by atoms with Crippen LogP contribution in [-0.2, 0) is 0 Å². The van der Waals surface area contributed by atoms with E-state index in [-0.39, 0.29) is 11.8 Å². The number of alkyl halides is 3. The third kappa shape index (κ3) is 4.52. The lowest BCUT2D eigenvalue weighted by Gasteiger charge is -2.17. The van der Waals surface area contributed by atoms with E-state index < -0.39 is 25.0 Å². The maximum Gasteiger partial charge on any atom is 0.392 e. The van der Waals surface area contributed by atoms with E-state index in [0.29, 0.717) is 5.56 Å². The molecule has 0 radical (unpaired) electrons. The molecule has 2 nitrogen and oxygen atoms in total. The third-order valence-electron chi connectivity index (χ3n) is 2.52. The maximum absolute atomic E-state index is 13.1. The molecule has 1 unspecified atom stereocenters. The quantitative estimate of drug-likeness (QED) is 0.823. The van der Waals surface area contributed by atoms with Crippen LogP contribution in [0.2, 0.25) is 0 Å². The Hall–Kier alpha value is -1.30. The minimum atomic E-state index is -4.28. The van der Waals surface area contributed by atoms with E-state index in [1.807, 2.05) is 6.92 Å². The van der Waals surface area contributed by atoms with Crippen LogP contribution >= 0.6 is 0 Å². The molecule has 0 saturated carbocycles. The van der Waals surface area contributed by atoms with E-state index in [1.165, 1.54) is 12.1 Å². The van der Waals surface area contributed by atoms with E-state index in [2.05, 4.69) is 5.32 Å². The molecule has 0 aliphatic rings. The number of rotatable bonds is 5. The van der Waals surface area contributed by atoms with E-state index >= 15 is 0 Å². The molecule has 18 heavy (non-hydrogen) atoms. The van der Waals surface area contributed by atoms with Crippen LogP contribution in [-0.4, -0.2) is 19.8 Å². The number of hydrogen-bond acceptors (Lipinski definition) is 2. The molecule has 1 N–H and O–H groups in total. The summed E-state index contributed by atoms with van der Waals surface area (Å²) >= 11 is 0. The van der Waals surface area contributed by atoms with Gasteiger partial charge in [-0.25, -0.2) is 4.39 Å². The van der Waals surface area contributed by atoms with Crippen LogP contribution in [0.25, 0.3) is 0 Å². The van der Waals surface area contributed by atoms with Crippen LogP contribution in [0.1, 0.15) is 24.9 Å². The van der Waals surface area contributed by atoms with Gasteiger partial charge in [0.1, 0.15) is 11.6 Å². The van der Waals surface area contributed by atoms with Gasteiger partial charge >= 0.3 is 6.18 Å². The Morgan fingerprint density at radius 3 is 2.56 bits per heavy atom. The fourth-order valence-corrected chi connectivity index (χ4v) is 1.42. The van der Waals surface area contributed by atoms with Crippen molar-refractivity contribution in [2.24, 2.45) is 0 Å². The summed E-state index contributed by atoms with van der Waals surface area (Å²) in [6.07, 6.45) is -5.33. The average Bonchev–Trinajstić information content (AvgIpc) is 2.26. The molecular formula is C12H15F4NO. The van der Waals surface area contributed by atoms with Crippen LogP contribution < -0.4 is 10.1 Å². The largest absolute Gasteiger partial charge is 0.493 e. The first-order valence-corrected chi connectivity index (χ1v) is 5.50. The first-order valence-electron chi connectivity index (χ1n) is 5.50. The Balaban J connectivity index is 2.76. The highest BCUT2D eigenvalue weighted by atomic mass is 19.4. The van der Waals surface area contributed by atoms with Crippen molar-refractivity contribution in [3.63, 3.8) is 0 Å². The second kappa shape index (κ2) is 6.04. The molecule has 0 bridgehead atoms. The van der Waals surface area contributed by atoms with Crippen LogP contribution in [0, 0.1) is 5.82 Å². The molecule has 1 rings (SSSR count). The van der Waals surface area contributed by atoms with E-state index in [1.54, 1.807) is 7.05 Å². The molecule has 1 atom stereocenters. The summed E-state index contributed by atoms with van der Waals surface area (Å²) in [5, 5.41) is 2.92. The summed E-state index contributed by atoms with van der Waals surface area (Å²) in [5.74, 6) is -0.398. The topological polar surface area (TPSA) is 21.3 Å². The Morgan fingerprint density at radius 2 is 2.00 bits per heavy atom. The lowest BCUT2D eigenvalue weighted by Crippen LogP contribution is -2.16. The van der Waals surface area contributed by atoms with Gasteiger partial charge in [0, 0.05) is 17.7 Å². The summed E-state index contributed by atoms with van der Waals surface area (Å²) in [7, 11) is 1.70. The van der Waals surface area contributed by atoms with Crippen LogP contribution in [0.15, 0.2) is 18.2 Å². The SMILES string of the molecule is CNC(C)c1ccc(F)cc1OCCC(F)(F)F. The minimum absolute atomic E-state index is 0.133. The molecule has 0 aliphatic heterocycles. The van der Waals surface area contributed by atoms with Gasteiger partial charge in [-0.1, -0.05) is 6.07 Å². The van der Waals surface area contributed by atoms with Crippen molar-refractivity contribution < 1.29 is 22.3 Å². The van der Waals surface area contributed by atoms with Crippen molar-refractivity contribution >= 4 is 0 Å². The highest BCUT2D eigenvalue weighted by Crippen LogP contribution is 2.27. The Bertz CT molecular complexity index is 392. The van der Waals surface area contributed by atoms with E-state index in [4.69, 9.17) is 4.74 Å². The van der Waals surface area contributed by atoms with Gasteiger partial charge in [0.15, 0.2) is 0 Å². The first kappa shape index (κ1) is 14.8. The van der Waals surface area contributed by atoms with Gasteiger partial charge in [0.2, 0.25) is 0 Å². The van der Waals surface area contributed by atoms with Gasteiger partial charge in [-0.2, -0.15) is 13.2 Å².